The van der Waals surface area contributed by atoms with Gasteiger partial charge in [-0.15, -0.1) is 0 Å². The number of rotatable bonds is 7. The first-order valence-corrected chi connectivity index (χ1v) is 6.48. The number of amides is 2. The number of hydrogen-bond donors (Lipinski definition) is 2. The third kappa shape index (κ3) is 6.37. The zero-order valence-corrected chi connectivity index (χ0v) is 11.6. The summed E-state index contributed by atoms with van der Waals surface area (Å²) in [6.45, 7) is 2.40. The second kappa shape index (κ2) is 8.51. The van der Waals surface area contributed by atoms with E-state index in [1.807, 2.05) is 0 Å². The van der Waals surface area contributed by atoms with Gasteiger partial charge in [-0.2, -0.15) is 0 Å². The number of carbonyl (C=O) groups is 2. The normalized spacial score (nSPS) is 9.76. The number of nitrogens with one attached hydrogen (secondary N) is 2. The first-order chi connectivity index (χ1) is 10.0. The van der Waals surface area contributed by atoms with Crippen LogP contribution in [0.5, 0.6) is 0 Å². The SMILES string of the molecule is CCOC(=O)CCCNC(=O)Nc1ccc([N+](=O)[O-])cc1. The summed E-state index contributed by atoms with van der Waals surface area (Å²) in [6, 6.07) is 5.05. The Balaban J connectivity index is 2.27. The molecule has 0 atom stereocenters. The first kappa shape index (κ1) is 16.4. The van der Waals surface area contributed by atoms with Crippen LogP contribution in [0.2, 0.25) is 0 Å². The molecule has 0 spiro atoms. The maximum atomic E-state index is 11.5. The minimum Gasteiger partial charge on any atom is -0.466 e. The lowest BCUT2D eigenvalue weighted by Gasteiger charge is -2.07. The number of ether oxygens (including phenoxy) is 1. The number of nitro benzene ring substituents is 1. The summed E-state index contributed by atoms with van der Waals surface area (Å²) in [5.74, 6) is -0.296. The van der Waals surface area contributed by atoms with Crippen molar-refractivity contribution < 1.29 is 19.2 Å². The molecular weight excluding hydrogens is 278 g/mol. The van der Waals surface area contributed by atoms with Crippen LogP contribution < -0.4 is 10.6 Å². The van der Waals surface area contributed by atoms with Gasteiger partial charge in [-0.25, -0.2) is 4.79 Å². The van der Waals surface area contributed by atoms with Crippen molar-refractivity contribution in [1.82, 2.24) is 5.32 Å². The van der Waals surface area contributed by atoms with Crippen molar-refractivity contribution in [3.05, 3.63) is 34.4 Å². The third-order valence-corrected chi connectivity index (χ3v) is 2.48. The highest BCUT2D eigenvalue weighted by Crippen LogP contribution is 2.15. The molecule has 0 aliphatic heterocycles. The molecule has 114 valence electrons. The molecule has 1 aromatic rings. The van der Waals surface area contributed by atoms with E-state index in [0.29, 0.717) is 25.3 Å². The van der Waals surface area contributed by atoms with Crippen molar-refractivity contribution in [2.24, 2.45) is 0 Å². The van der Waals surface area contributed by atoms with Crippen LogP contribution in [0, 0.1) is 10.1 Å². The zero-order chi connectivity index (χ0) is 15.7. The fourth-order valence-electron chi connectivity index (χ4n) is 1.51. The fourth-order valence-corrected chi connectivity index (χ4v) is 1.51. The van der Waals surface area contributed by atoms with Crippen molar-refractivity contribution in [2.45, 2.75) is 19.8 Å². The van der Waals surface area contributed by atoms with E-state index < -0.39 is 11.0 Å². The van der Waals surface area contributed by atoms with E-state index in [4.69, 9.17) is 4.74 Å². The first-order valence-electron chi connectivity index (χ1n) is 6.48. The molecule has 21 heavy (non-hydrogen) atoms. The van der Waals surface area contributed by atoms with E-state index in [1.165, 1.54) is 24.3 Å². The standard InChI is InChI=1S/C13H17N3O5/c1-2-21-12(17)4-3-9-14-13(18)15-10-5-7-11(8-6-10)16(19)20/h5-8H,2-4,9H2,1H3,(H2,14,15,18). The molecule has 0 aliphatic rings. The molecule has 0 aliphatic carbocycles. The number of benzene rings is 1. The van der Waals surface area contributed by atoms with Gasteiger partial charge in [0.2, 0.25) is 0 Å². The molecular formula is C13H17N3O5. The van der Waals surface area contributed by atoms with E-state index in [-0.39, 0.29) is 18.1 Å². The molecule has 0 unspecified atom stereocenters. The molecule has 1 rings (SSSR count). The highest BCUT2D eigenvalue weighted by Gasteiger charge is 2.06. The summed E-state index contributed by atoms with van der Waals surface area (Å²) >= 11 is 0. The molecule has 0 fully saturated rings. The van der Waals surface area contributed by atoms with Crippen LogP contribution in [-0.2, 0) is 9.53 Å². The van der Waals surface area contributed by atoms with E-state index in [0.717, 1.165) is 0 Å². The lowest BCUT2D eigenvalue weighted by Crippen LogP contribution is -2.29. The molecule has 8 heteroatoms. The molecule has 0 radical (unpaired) electrons. The Morgan fingerprint density at radius 1 is 1.29 bits per heavy atom. The Bertz CT molecular complexity index is 501. The van der Waals surface area contributed by atoms with Gasteiger partial charge in [0.15, 0.2) is 0 Å². The average molecular weight is 295 g/mol. The Morgan fingerprint density at radius 2 is 1.95 bits per heavy atom. The molecule has 2 amide bonds. The van der Waals surface area contributed by atoms with E-state index in [1.54, 1.807) is 6.92 Å². The predicted octanol–water partition coefficient (Wildman–Crippen LogP) is 2.06. The molecule has 1 aromatic carbocycles. The molecule has 0 saturated heterocycles. The van der Waals surface area contributed by atoms with Crippen LogP contribution in [0.3, 0.4) is 0 Å². The van der Waals surface area contributed by atoms with Crippen LogP contribution in [0.25, 0.3) is 0 Å². The van der Waals surface area contributed by atoms with Crippen LogP contribution in [-0.4, -0.2) is 30.1 Å². The van der Waals surface area contributed by atoms with Gasteiger partial charge in [0, 0.05) is 30.8 Å². The molecule has 0 bridgehead atoms. The number of non-ortho nitro benzene ring substituents is 1. The van der Waals surface area contributed by atoms with Gasteiger partial charge in [-0.05, 0) is 25.5 Å². The summed E-state index contributed by atoms with van der Waals surface area (Å²) < 4.78 is 4.75. The smallest absolute Gasteiger partial charge is 0.319 e. The van der Waals surface area contributed by atoms with Crippen LogP contribution in [0.15, 0.2) is 24.3 Å². The number of carbonyl (C=O) groups excluding carboxylic acids is 2. The van der Waals surface area contributed by atoms with Gasteiger partial charge in [-0.1, -0.05) is 0 Å². The number of nitrogens with zero attached hydrogens (tertiary/aromatic N) is 1. The molecule has 8 nitrogen and oxygen atoms in total. The quantitative estimate of drug-likeness (QED) is 0.346. The second-order valence-electron chi connectivity index (χ2n) is 4.09. The average Bonchev–Trinajstić information content (AvgIpc) is 2.44. The van der Waals surface area contributed by atoms with Gasteiger partial charge in [0.1, 0.15) is 0 Å². The number of nitro groups is 1. The maximum absolute atomic E-state index is 11.5. The second-order valence-corrected chi connectivity index (χ2v) is 4.09. The maximum Gasteiger partial charge on any atom is 0.319 e. The zero-order valence-electron chi connectivity index (χ0n) is 11.6. The molecule has 0 saturated carbocycles. The monoisotopic (exact) mass is 295 g/mol. The van der Waals surface area contributed by atoms with Crippen LogP contribution in [0.4, 0.5) is 16.2 Å². The van der Waals surface area contributed by atoms with E-state index in [9.17, 15) is 19.7 Å². The highest BCUT2D eigenvalue weighted by atomic mass is 16.6. The van der Waals surface area contributed by atoms with E-state index in [2.05, 4.69) is 10.6 Å². The van der Waals surface area contributed by atoms with Crippen molar-refractivity contribution in [2.75, 3.05) is 18.5 Å². The lowest BCUT2D eigenvalue weighted by atomic mass is 10.3. The van der Waals surface area contributed by atoms with Gasteiger partial charge in [0.25, 0.3) is 5.69 Å². The number of hydrogen-bond acceptors (Lipinski definition) is 5. The highest BCUT2D eigenvalue weighted by molar-refractivity contribution is 5.89. The van der Waals surface area contributed by atoms with Crippen molar-refractivity contribution in [3.8, 4) is 0 Å². The number of urea groups is 1. The molecule has 0 heterocycles. The van der Waals surface area contributed by atoms with Gasteiger partial charge in [-0.3, -0.25) is 14.9 Å². The molecule has 2 N–H and O–H groups in total. The van der Waals surface area contributed by atoms with Crippen LogP contribution >= 0.6 is 0 Å². The van der Waals surface area contributed by atoms with Gasteiger partial charge < -0.3 is 15.4 Å². The summed E-state index contributed by atoms with van der Waals surface area (Å²) in [4.78, 5) is 32.6. The number of esters is 1. The number of anilines is 1. The van der Waals surface area contributed by atoms with Gasteiger partial charge in [0.05, 0.1) is 11.5 Å². The predicted molar refractivity (Wildman–Crippen MR) is 76.0 cm³/mol. The Labute approximate surface area is 121 Å². The summed E-state index contributed by atoms with van der Waals surface area (Å²) in [7, 11) is 0. The van der Waals surface area contributed by atoms with Gasteiger partial charge >= 0.3 is 12.0 Å². The van der Waals surface area contributed by atoms with E-state index >= 15 is 0 Å². The van der Waals surface area contributed by atoms with Crippen molar-refractivity contribution >= 4 is 23.4 Å². The fraction of sp³-hybridized carbons (Fsp3) is 0.385. The summed E-state index contributed by atoms with van der Waals surface area (Å²) in [6.07, 6.45) is 0.720. The lowest BCUT2D eigenvalue weighted by molar-refractivity contribution is -0.384. The minimum atomic E-state index is -0.515. The third-order valence-electron chi connectivity index (χ3n) is 2.48. The Hall–Kier alpha value is -2.64. The summed E-state index contributed by atoms with van der Waals surface area (Å²) in [5, 5.41) is 15.6. The Kier molecular flexibility index (Phi) is 6.66. The largest absolute Gasteiger partial charge is 0.466 e. The minimum absolute atomic E-state index is 0.0459. The van der Waals surface area contributed by atoms with Crippen molar-refractivity contribution in [1.29, 1.82) is 0 Å². The summed E-state index contributed by atoms with van der Waals surface area (Å²) in [5.41, 5.74) is 0.402. The van der Waals surface area contributed by atoms with Crippen molar-refractivity contribution in [3.63, 3.8) is 0 Å². The van der Waals surface area contributed by atoms with Crippen LogP contribution in [0.1, 0.15) is 19.8 Å². The topological polar surface area (TPSA) is 111 Å². The Morgan fingerprint density at radius 3 is 2.52 bits per heavy atom. The molecule has 0 aromatic heterocycles.